The van der Waals surface area contributed by atoms with Crippen LogP contribution >= 0.6 is 15.6 Å². The van der Waals surface area contributed by atoms with Crippen LogP contribution in [0.15, 0.2) is 0 Å². The first kappa shape index (κ1) is 42.3. The SMILES string of the molecule is CCN(CC)CCC(C(=O)O)C(=O)O.O=P([O-])([O-])[O-].O=P([O-])([O-])[O-].[Pt+2].[Pt+2].[Pt+2]. The van der Waals surface area contributed by atoms with Crippen LogP contribution in [0.5, 0.6) is 0 Å². The molecule has 0 spiro atoms. The average Bonchev–Trinajstić information content (AvgIpc) is 2.29. The largest absolute Gasteiger partial charge is 2.00 e. The maximum absolute atomic E-state index is 10.5. The first-order valence-electron chi connectivity index (χ1n) is 6.16. The average molecular weight is 978 g/mol. The number of phosphoric acid groups is 2. The van der Waals surface area contributed by atoms with Gasteiger partial charge in [-0.1, -0.05) is 13.8 Å². The Morgan fingerprint density at radius 1 is 0.815 bits per heavy atom. The standard InChI is InChI=1S/C9H17NO4.2H3O4P.3Pt/c1-3-10(4-2)6-5-7(8(11)12)9(13)14;2*1-5(2,3)4;;;/h7H,3-6H2,1-2H3,(H,11,12)(H,13,14);2*(H3,1,2,3,4);;;/q;;;3*+2/p-6. The molecule has 0 fully saturated rings. The Morgan fingerprint density at radius 3 is 1.19 bits per heavy atom. The minimum absolute atomic E-state index is 0. The fourth-order valence-corrected chi connectivity index (χ4v) is 1.20. The minimum atomic E-state index is -5.39. The van der Waals surface area contributed by atoms with E-state index in [1.54, 1.807) is 0 Å². The number of carbonyl (C=O) groups is 2. The summed E-state index contributed by atoms with van der Waals surface area (Å²) in [6.07, 6.45) is 0.159. The quantitative estimate of drug-likeness (QED) is 0.179. The topological polar surface area (TPSA) is 250 Å². The molecule has 0 aliphatic heterocycles. The Hall–Kier alpha value is 1.18. The van der Waals surface area contributed by atoms with Gasteiger partial charge in [0.15, 0.2) is 5.92 Å². The third kappa shape index (κ3) is 52.1. The Bertz CT molecular complexity index is 417. The van der Waals surface area contributed by atoms with E-state index in [9.17, 15) is 9.59 Å². The van der Waals surface area contributed by atoms with Crippen LogP contribution in [-0.4, -0.2) is 46.7 Å². The minimum Gasteiger partial charge on any atom is -0.822 e. The van der Waals surface area contributed by atoms with E-state index in [4.69, 9.17) is 48.7 Å². The van der Waals surface area contributed by atoms with Gasteiger partial charge in [-0.05, 0) is 26.1 Å². The Labute approximate surface area is 198 Å². The van der Waals surface area contributed by atoms with Crippen molar-refractivity contribution < 1.29 is 121 Å². The van der Waals surface area contributed by atoms with Gasteiger partial charge in [0.25, 0.3) is 0 Å². The van der Waals surface area contributed by atoms with Crippen molar-refractivity contribution in [3.8, 4) is 0 Å². The van der Waals surface area contributed by atoms with E-state index in [1.807, 2.05) is 18.7 Å². The zero-order valence-electron chi connectivity index (χ0n) is 13.7. The molecular formula is C9H17NO12P2Pt3. The summed E-state index contributed by atoms with van der Waals surface area (Å²) in [6.45, 7) is 6.04. The molecular weight excluding hydrogens is 961 g/mol. The molecule has 0 aromatic carbocycles. The number of carboxylic acid groups (broad SMARTS) is 2. The molecule has 0 saturated carbocycles. The second-order valence-corrected chi connectivity index (χ2v) is 5.73. The van der Waals surface area contributed by atoms with Crippen LogP contribution in [0.3, 0.4) is 0 Å². The van der Waals surface area contributed by atoms with Gasteiger partial charge in [-0.15, -0.1) is 0 Å². The van der Waals surface area contributed by atoms with Crippen molar-refractivity contribution in [2.45, 2.75) is 20.3 Å². The summed E-state index contributed by atoms with van der Waals surface area (Å²) in [7, 11) is -10.8. The van der Waals surface area contributed by atoms with Gasteiger partial charge in [0, 0.05) is 0 Å². The van der Waals surface area contributed by atoms with Gasteiger partial charge < -0.3 is 53.6 Å². The van der Waals surface area contributed by atoms with Gasteiger partial charge in [-0.25, -0.2) is 0 Å². The van der Waals surface area contributed by atoms with Gasteiger partial charge in [0.2, 0.25) is 0 Å². The van der Waals surface area contributed by atoms with Gasteiger partial charge in [0.05, 0.1) is 0 Å². The molecule has 0 heterocycles. The summed E-state index contributed by atoms with van der Waals surface area (Å²) >= 11 is 0. The summed E-state index contributed by atoms with van der Waals surface area (Å²) in [5.74, 6) is -3.80. The molecule has 18 heteroatoms. The van der Waals surface area contributed by atoms with Crippen LogP contribution in [0.1, 0.15) is 20.3 Å². The van der Waals surface area contributed by atoms with Crippen molar-refractivity contribution in [1.29, 1.82) is 0 Å². The number of hydrogen-bond acceptors (Lipinski definition) is 11. The van der Waals surface area contributed by atoms with Crippen LogP contribution in [-0.2, 0) is 81.9 Å². The molecule has 13 nitrogen and oxygen atoms in total. The van der Waals surface area contributed by atoms with Crippen molar-refractivity contribution in [2.75, 3.05) is 19.6 Å². The Kier molecular flexibility index (Phi) is 34.3. The number of carboxylic acids is 2. The third-order valence-corrected chi connectivity index (χ3v) is 2.22. The predicted molar refractivity (Wildman–Crippen MR) is 66.4 cm³/mol. The Morgan fingerprint density at radius 2 is 1.04 bits per heavy atom. The molecule has 27 heavy (non-hydrogen) atoms. The fraction of sp³-hybridized carbons (Fsp3) is 0.778. The van der Waals surface area contributed by atoms with Crippen molar-refractivity contribution in [3.05, 3.63) is 0 Å². The summed E-state index contributed by atoms with van der Waals surface area (Å²) in [6, 6.07) is 0. The van der Waals surface area contributed by atoms with E-state index in [0.717, 1.165) is 13.1 Å². The Balaban J connectivity index is -0.0000000716. The molecule has 170 valence electrons. The molecule has 0 bridgehead atoms. The summed E-state index contributed by atoms with van der Waals surface area (Å²) < 4.78 is 17.1. The molecule has 2 N–H and O–H groups in total. The first-order valence-corrected chi connectivity index (χ1v) is 9.09. The van der Waals surface area contributed by atoms with Crippen LogP contribution in [0.25, 0.3) is 0 Å². The van der Waals surface area contributed by atoms with E-state index in [1.165, 1.54) is 0 Å². The second kappa shape index (κ2) is 21.9. The summed E-state index contributed by atoms with van der Waals surface area (Å²) in [4.78, 5) is 74.4. The zero-order valence-corrected chi connectivity index (χ0v) is 22.3. The van der Waals surface area contributed by atoms with Crippen molar-refractivity contribution >= 4 is 27.6 Å². The second-order valence-electron chi connectivity index (χ2n) is 3.94. The smallest absolute Gasteiger partial charge is 0.822 e. The zero-order chi connectivity index (χ0) is 20.1. The van der Waals surface area contributed by atoms with Gasteiger partial charge in [0.1, 0.15) is 0 Å². The predicted octanol–water partition coefficient (Wildman–Crippen LogP) is -5.15. The summed E-state index contributed by atoms with van der Waals surface area (Å²) in [5.41, 5.74) is 0. The molecule has 0 rings (SSSR count). The summed E-state index contributed by atoms with van der Waals surface area (Å²) in [5, 5.41) is 17.2. The van der Waals surface area contributed by atoms with Crippen LogP contribution < -0.4 is 29.4 Å². The van der Waals surface area contributed by atoms with E-state index in [2.05, 4.69) is 0 Å². The van der Waals surface area contributed by atoms with Crippen LogP contribution in [0.2, 0.25) is 0 Å². The first-order chi connectivity index (χ1) is 10.5. The molecule has 0 aliphatic carbocycles. The van der Waals surface area contributed by atoms with Gasteiger partial charge in [-0.2, -0.15) is 15.6 Å². The molecule has 0 saturated heterocycles. The number of aliphatic carboxylic acids is 2. The molecule has 0 atom stereocenters. The molecule has 0 aromatic rings. The van der Waals surface area contributed by atoms with Crippen molar-refractivity contribution in [3.63, 3.8) is 0 Å². The molecule has 0 unspecified atom stereocenters. The molecule has 0 amide bonds. The fourth-order valence-electron chi connectivity index (χ4n) is 1.20. The third-order valence-electron chi connectivity index (χ3n) is 2.22. The number of nitrogens with zero attached hydrogens (tertiary/aromatic N) is 1. The molecule has 0 aliphatic rings. The maximum atomic E-state index is 10.5. The van der Waals surface area contributed by atoms with Crippen LogP contribution in [0.4, 0.5) is 0 Å². The normalized spacial score (nSPS) is 10.0. The van der Waals surface area contributed by atoms with E-state index < -0.39 is 33.5 Å². The monoisotopic (exact) mass is 978 g/mol. The van der Waals surface area contributed by atoms with Gasteiger partial charge in [-0.3, -0.25) is 9.59 Å². The number of rotatable bonds is 7. The van der Waals surface area contributed by atoms with E-state index in [0.29, 0.717) is 6.54 Å². The van der Waals surface area contributed by atoms with E-state index in [-0.39, 0.29) is 69.6 Å². The maximum Gasteiger partial charge on any atom is 2.00 e. The van der Waals surface area contributed by atoms with E-state index >= 15 is 0 Å². The molecule has 0 radical (unpaired) electrons. The molecule has 0 aromatic heterocycles. The van der Waals surface area contributed by atoms with Gasteiger partial charge >= 0.3 is 75.1 Å². The van der Waals surface area contributed by atoms with Crippen LogP contribution in [0, 0.1) is 5.92 Å². The van der Waals surface area contributed by atoms with Crippen molar-refractivity contribution in [2.24, 2.45) is 5.92 Å². The van der Waals surface area contributed by atoms with Crippen molar-refractivity contribution in [1.82, 2.24) is 4.90 Å². The number of hydrogen-bond donors (Lipinski definition) is 2.